The molecule has 2 aromatic heterocycles. The summed E-state index contributed by atoms with van der Waals surface area (Å²) in [7, 11) is 0. The zero-order valence-corrected chi connectivity index (χ0v) is 21.7. The van der Waals surface area contributed by atoms with E-state index in [-0.39, 0.29) is 25.1 Å². The molecule has 0 saturated heterocycles. The van der Waals surface area contributed by atoms with Gasteiger partial charge in [-0.1, -0.05) is 23.7 Å². The van der Waals surface area contributed by atoms with E-state index in [1.807, 2.05) is 51.3 Å². The Morgan fingerprint density at radius 3 is 2.51 bits per heavy atom. The van der Waals surface area contributed by atoms with E-state index in [4.69, 9.17) is 20.8 Å². The van der Waals surface area contributed by atoms with Crippen molar-refractivity contribution in [3.05, 3.63) is 63.8 Å². The summed E-state index contributed by atoms with van der Waals surface area (Å²) in [5, 5.41) is 8.68. The van der Waals surface area contributed by atoms with Crippen molar-refractivity contribution in [1.82, 2.24) is 19.7 Å². The van der Waals surface area contributed by atoms with Gasteiger partial charge < -0.3 is 18.6 Å². The lowest BCUT2D eigenvalue weighted by molar-refractivity contribution is -0.128. The van der Waals surface area contributed by atoms with Crippen LogP contribution in [0.3, 0.4) is 0 Å². The van der Waals surface area contributed by atoms with E-state index in [0.717, 1.165) is 11.4 Å². The topological polar surface area (TPSA) is 90.5 Å². The number of benzene rings is 1. The van der Waals surface area contributed by atoms with Crippen LogP contribution in [0.25, 0.3) is 17.5 Å². The molecule has 0 bridgehead atoms. The summed E-state index contributed by atoms with van der Waals surface area (Å²) in [6.45, 7) is 12.5. The number of carbonyl (C=O) groups excluding carboxylic acids is 2. The molecular weight excluding hydrogens is 468 g/mol. The number of ether oxygens (including phenoxy) is 1. The van der Waals surface area contributed by atoms with Gasteiger partial charge in [0.2, 0.25) is 17.7 Å². The highest BCUT2D eigenvalue weighted by Gasteiger charge is 2.24. The molecular formula is C26H31ClN4O4. The van der Waals surface area contributed by atoms with Gasteiger partial charge in [-0.15, -0.1) is 10.2 Å². The van der Waals surface area contributed by atoms with E-state index in [9.17, 15) is 9.59 Å². The van der Waals surface area contributed by atoms with Gasteiger partial charge in [0.25, 0.3) is 0 Å². The van der Waals surface area contributed by atoms with Gasteiger partial charge in [0, 0.05) is 35.6 Å². The highest BCUT2D eigenvalue weighted by atomic mass is 35.5. The van der Waals surface area contributed by atoms with Gasteiger partial charge in [-0.2, -0.15) is 0 Å². The van der Waals surface area contributed by atoms with Crippen LogP contribution in [0.1, 0.15) is 60.9 Å². The lowest BCUT2D eigenvalue weighted by Crippen LogP contribution is -2.35. The van der Waals surface area contributed by atoms with E-state index in [2.05, 4.69) is 10.2 Å². The number of halogens is 1. The number of nitrogens with zero attached hydrogens (tertiary/aromatic N) is 4. The first kappa shape index (κ1) is 26.2. The third-order valence-corrected chi connectivity index (χ3v) is 6.13. The first-order valence-corrected chi connectivity index (χ1v) is 12.0. The smallest absolute Gasteiger partial charge is 0.340 e. The Kier molecular flexibility index (Phi) is 8.51. The highest BCUT2D eigenvalue weighted by molar-refractivity contribution is 6.33. The molecule has 0 saturated carbocycles. The molecule has 186 valence electrons. The predicted octanol–water partition coefficient (Wildman–Crippen LogP) is 5.46. The summed E-state index contributed by atoms with van der Waals surface area (Å²) in [4.78, 5) is 27.4. The second-order valence-corrected chi connectivity index (χ2v) is 8.71. The van der Waals surface area contributed by atoms with Gasteiger partial charge in [-0.25, -0.2) is 4.79 Å². The summed E-state index contributed by atoms with van der Waals surface area (Å²) in [6.07, 6.45) is 3.15. The van der Waals surface area contributed by atoms with Crippen LogP contribution in [0, 0.1) is 13.8 Å². The molecule has 0 aliphatic heterocycles. The number of aromatic nitrogens is 3. The molecule has 0 atom stereocenters. The number of carbonyl (C=O) groups is 2. The molecule has 0 aliphatic carbocycles. The van der Waals surface area contributed by atoms with E-state index < -0.39 is 5.97 Å². The van der Waals surface area contributed by atoms with Crippen molar-refractivity contribution in [2.75, 3.05) is 6.61 Å². The van der Waals surface area contributed by atoms with Crippen molar-refractivity contribution in [3.8, 4) is 11.5 Å². The molecule has 0 unspecified atom stereocenters. The fraction of sp³-hybridized carbons (Fsp3) is 0.385. The standard InChI is InChI=1S/C26H31ClN4O4/c1-7-30-17(5)19(24(18(30)6)26(33)34-8-2)13-14-23(32)31(16(3)4)15-22-28-29-25(35-22)20-11-9-10-12-21(20)27/h9-14,16H,7-8,15H2,1-6H3/b14-13+. The average Bonchev–Trinajstić information content (AvgIpc) is 3.37. The minimum atomic E-state index is -0.397. The molecule has 3 aromatic rings. The molecule has 8 nitrogen and oxygen atoms in total. The summed E-state index contributed by atoms with van der Waals surface area (Å²) in [6, 6.07) is 7.06. The van der Waals surface area contributed by atoms with Gasteiger partial charge >= 0.3 is 5.97 Å². The second kappa shape index (κ2) is 11.4. The molecule has 3 rings (SSSR count). The Morgan fingerprint density at radius 1 is 1.17 bits per heavy atom. The van der Waals surface area contributed by atoms with Crippen LogP contribution in [0.2, 0.25) is 5.02 Å². The molecule has 2 heterocycles. The number of rotatable bonds is 9. The Labute approximate surface area is 210 Å². The van der Waals surface area contributed by atoms with Gasteiger partial charge in [0.15, 0.2) is 0 Å². The monoisotopic (exact) mass is 498 g/mol. The summed E-state index contributed by atoms with van der Waals surface area (Å²) >= 11 is 6.23. The van der Waals surface area contributed by atoms with Crippen LogP contribution in [-0.2, 0) is 22.6 Å². The largest absolute Gasteiger partial charge is 0.462 e. The van der Waals surface area contributed by atoms with Crippen LogP contribution in [0.5, 0.6) is 0 Å². The minimum absolute atomic E-state index is 0.129. The lowest BCUT2D eigenvalue weighted by atomic mass is 10.1. The lowest BCUT2D eigenvalue weighted by Gasteiger charge is -2.23. The SMILES string of the molecule is CCOC(=O)c1c(/C=C/C(=O)N(Cc2nnc(-c3ccccc3Cl)o2)C(C)C)c(C)n(CC)c1C. The molecule has 0 radical (unpaired) electrons. The molecule has 35 heavy (non-hydrogen) atoms. The summed E-state index contributed by atoms with van der Waals surface area (Å²) < 4.78 is 13.1. The normalized spacial score (nSPS) is 11.4. The number of hydrogen-bond donors (Lipinski definition) is 0. The predicted molar refractivity (Wildman–Crippen MR) is 135 cm³/mol. The molecule has 0 fully saturated rings. The van der Waals surface area contributed by atoms with E-state index in [0.29, 0.717) is 40.0 Å². The fourth-order valence-corrected chi connectivity index (χ4v) is 4.24. The van der Waals surface area contributed by atoms with E-state index in [1.54, 1.807) is 30.0 Å². The Hall–Kier alpha value is -3.39. The third kappa shape index (κ3) is 5.65. The van der Waals surface area contributed by atoms with Crippen LogP contribution in [-0.4, -0.2) is 44.2 Å². The van der Waals surface area contributed by atoms with Gasteiger partial charge in [-0.3, -0.25) is 4.79 Å². The number of esters is 1. The van der Waals surface area contributed by atoms with Crippen LogP contribution < -0.4 is 0 Å². The summed E-state index contributed by atoms with van der Waals surface area (Å²) in [5.74, 6) is -0.0465. The zero-order chi connectivity index (χ0) is 25.7. The van der Waals surface area contributed by atoms with Crippen molar-refractivity contribution < 1.29 is 18.7 Å². The maximum absolute atomic E-state index is 13.2. The van der Waals surface area contributed by atoms with Crippen molar-refractivity contribution in [1.29, 1.82) is 0 Å². The maximum Gasteiger partial charge on any atom is 0.340 e. The Balaban J connectivity index is 1.86. The Morgan fingerprint density at radius 2 is 1.89 bits per heavy atom. The average molecular weight is 499 g/mol. The first-order valence-electron chi connectivity index (χ1n) is 11.6. The van der Waals surface area contributed by atoms with Gasteiger partial charge in [-0.05, 0) is 59.8 Å². The zero-order valence-electron chi connectivity index (χ0n) is 21.0. The molecule has 1 aromatic carbocycles. The quantitative estimate of drug-likeness (QED) is 0.287. The summed E-state index contributed by atoms with van der Waals surface area (Å²) in [5.41, 5.74) is 3.50. The molecule has 0 N–H and O–H groups in total. The number of amides is 1. The van der Waals surface area contributed by atoms with Crippen LogP contribution in [0.4, 0.5) is 0 Å². The first-order chi connectivity index (χ1) is 16.7. The van der Waals surface area contributed by atoms with Crippen molar-refractivity contribution in [2.45, 2.75) is 60.7 Å². The maximum atomic E-state index is 13.2. The van der Waals surface area contributed by atoms with Crippen molar-refractivity contribution in [2.24, 2.45) is 0 Å². The van der Waals surface area contributed by atoms with Crippen LogP contribution >= 0.6 is 11.6 Å². The Bertz CT molecular complexity index is 1240. The van der Waals surface area contributed by atoms with E-state index in [1.165, 1.54) is 6.08 Å². The van der Waals surface area contributed by atoms with Crippen molar-refractivity contribution >= 4 is 29.6 Å². The van der Waals surface area contributed by atoms with Crippen LogP contribution in [0.15, 0.2) is 34.8 Å². The van der Waals surface area contributed by atoms with Gasteiger partial charge in [0.1, 0.15) is 0 Å². The second-order valence-electron chi connectivity index (χ2n) is 8.30. The fourth-order valence-electron chi connectivity index (χ4n) is 4.02. The molecule has 1 amide bonds. The third-order valence-electron chi connectivity index (χ3n) is 5.80. The van der Waals surface area contributed by atoms with Crippen molar-refractivity contribution in [3.63, 3.8) is 0 Å². The number of hydrogen-bond acceptors (Lipinski definition) is 6. The van der Waals surface area contributed by atoms with E-state index >= 15 is 0 Å². The molecule has 9 heteroatoms. The highest BCUT2D eigenvalue weighted by Crippen LogP contribution is 2.27. The minimum Gasteiger partial charge on any atom is -0.462 e. The molecule has 0 aliphatic rings. The molecule has 0 spiro atoms. The van der Waals surface area contributed by atoms with Gasteiger partial charge in [0.05, 0.1) is 29.3 Å².